The molecule has 4 nitrogen and oxygen atoms in total. The fourth-order valence-electron chi connectivity index (χ4n) is 1.97. The van der Waals surface area contributed by atoms with Gasteiger partial charge in [0.15, 0.2) is 0 Å². The largest absolute Gasteiger partial charge is 0.351 e. The topological polar surface area (TPSA) is 44.4 Å². The second-order valence-electron chi connectivity index (χ2n) is 4.59. The van der Waals surface area contributed by atoms with Crippen LogP contribution in [0.15, 0.2) is 24.3 Å². The predicted octanol–water partition coefficient (Wildman–Crippen LogP) is 1.79. The Labute approximate surface area is 128 Å². The molecule has 1 aromatic carbocycles. The third-order valence-electron chi connectivity index (χ3n) is 3.12. The van der Waals surface area contributed by atoms with Crippen molar-refractivity contribution in [3.8, 4) is 0 Å². The Balaban J connectivity index is 0.00000361. The average molecular weight is 300 g/mol. The first-order chi connectivity index (χ1) is 9.19. The fourth-order valence-corrected chi connectivity index (χ4v) is 1.97. The number of carbonyl (C=O) groups excluding carboxylic acids is 1. The third-order valence-corrected chi connectivity index (χ3v) is 3.12. The second-order valence-corrected chi connectivity index (χ2v) is 4.59. The number of hydrogen-bond donors (Lipinski definition) is 2. The number of carbonyl (C=O) groups is 1. The van der Waals surface area contributed by atoms with Crippen molar-refractivity contribution in [3.63, 3.8) is 0 Å². The van der Waals surface area contributed by atoms with Crippen LogP contribution in [-0.2, 0) is 17.9 Å². The molecule has 0 aliphatic carbocycles. The van der Waals surface area contributed by atoms with E-state index in [2.05, 4.69) is 47.6 Å². The molecule has 0 aliphatic rings. The van der Waals surface area contributed by atoms with Crippen LogP contribution in [0.25, 0.3) is 0 Å². The number of hydrogen-bond acceptors (Lipinski definition) is 3. The highest BCUT2D eigenvalue weighted by atomic mass is 35.5. The van der Waals surface area contributed by atoms with E-state index in [1.165, 1.54) is 5.56 Å². The van der Waals surface area contributed by atoms with Gasteiger partial charge in [0.05, 0.1) is 6.54 Å². The Kier molecular flexibility index (Phi) is 10.1. The van der Waals surface area contributed by atoms with Gasteiger partial charge in [0.1, 0.15) is 0 Å². The molecule has 5 heteroatoms. The minimum Gasteiger partial charge on any atom is -0.351 e. The number of amides is 1. The summed E-state index contributed by atoms with van der Waals surface area (Å²) in [7, 11) is 1.77. The van der Waals surface area contributed by atoms with E-state index in [1.54, 1.807) is 7.05 Å². The van der Waals surface area contributed by atoms with E-state index < -0.39 is 0 Å². The smallest absolute Gasteiger partial charge is 0.234 e. The average Bonchev–Trinajstić information content (AvgIpc) is 2.43. The summed E-state index contributed by atoms with van der Waals surface area (Å²) in [5, 5.41) is 5.73. The van der Waals surface area contributed by atoms with Crippen molar-refractivity contribution in [2.24, 2.45) is 0 Å². The molecule has 1 rings (SSSR count). The van der Waals surface area contributed by atoms with Gasteiger partial charge < -0.3 is 10.6 Å². The van der Waals surface area contributed by atoms with E-state index in [0.717, 1.165) is 25.2 Å². The Bertz CT molecular complexity index is 394. The highest BCUT2D eigenvalue weighted by molar-refractivity contribution is 5.85. The maximum absolute atomic E-state index is 11.4. The minimum absolute atomic E-state index is 0. The summed E-state index contributed by atoms with van der Waals surface area (Å²) < 4.78 is 0. The molecule has 0 saturated heterocycles. The Hall–Kier alpha value is -1.10. The first kappa shape index (κ1) is 18.9. The minimum atomic E-state index is 0. The second kappa shape index (κ2) is 10.7. The van der Waals surface area contributed by atoms with E-state index in [1.807, 2.05) is 6.07 Å². The van der Waals surface area contributed by atoms with Gasteiger partial charge in [-0.2, -0.15) is 0 Å². The number of benzene rings is 1. The summed E-state index contributed by atoms with van der Waals surface area (Å²) >= 11 is 0. The lowest BCUT2D eigenvalue weighted by Crippen LogP contribution is -2.31. The maximum atomic E-state index is 11.4. The molecule has 0 bridgehead atoms. The predicted molar refractivity (Wildman–Crippen MR) is 86.1 cm³/mol. The van der Waals surface area contributed by atoms with Gasteiger partial charge in [0.2, 0.25) is 5.91 Å². The van der Waals surface area contributed by atoms with Gasteiger partial charge in [0, 0.05) is 13.1 Å². The molecule has 1 amide bonds. The zero-order chi connectivity index (χ0) is 14.1. The zero-order valence-electron chi connectivity index (χ0n) is 12.6. The van der Waals surface area contributed by atoms with E-state index in [-0.39, 0.29) is 18.3 Å². The molecule has 0 atom stereocenters. The Morgan fingerprint density at radius 2 is 1.85 bits per heavy atom. The van der Waals surface area contributed by atoms with E-state index in [0.29, 0.717) is 13.1 Å². The third kappa shape index (κ3) is 6.89. The van der Waals surface area contributed by atoms with Crippen LogP contribution in [0.1, 0.15) is 25.0 Å². The van der Waals surface area contributed by atoms with Crippen molar-refractivity contribution in [3.05, 3.63) is 35.4 Å². The maximum Gasteiger partial charge on any atom is 0.234 e. The molecule has 0 saturated carbocycles. The van der Waals surface area contributed by atoms with Gasteiger partial charge in [-0.3, -0.25) is 9.69 Å². The number of likely N-dealkylation sites (N-methyl/N-ethyl adjacent to an activating group) is 1. The van der Waals surface area contributed by atoms with Crippen molar-refractivity contribution < 1.29 is 4.79 Å². The van der Waals surface area contributed by atoms with Gasteiger partial charge in [-0.15, -0.1) is 12.4 Å². The summed E-state index contributed by atoms with van der Waals surface area (Å²) in [5.74, 6) is 0.0247. The van der Waals surface area contributed by atoms with Crippen molar-refractivity contribution in [2.75, 3.05) is 26.7 Å². The molecule has 0 aliphatic heterocycles. The summed E-state index contributed by atoms with van der Waals surface area (Å²) in [6, 6.07) is 8.40. The lowest BCUT2D eigenvalue weighted by molar-refractivity contribution is -0.120. The first-order valence-electron chi connectivity index (χ1n) is 6.91. The Morgan fingerprint density at radius 1 is 1.20 bits per heavy atom. The monoisotopic (exact) mass is 299 g/mol. The molecular weight excluding hydrogens is 274 g/mol. The van der Waals surface area contributed by atoms with Crippen LogP contribution in [0.5, 0.6) is 0 Å². The number of nitrogens with zero attached hydrogens (tertiary/aromatic N) is 1. The summed E-state index contributed by atoms with van der Waals surface area (Å²) in [6.07, 6.45) is 0. The van der Waals surface area contributed by atoms with E-state index >= 15 is 0 Å². The van der Waals surface area contributed by atoms with Crippen LogP contribution in [0.4, 0.5) is 0 Å². The molecule has 0 unspecified atom stereocenters. The highest BCUT2D eigenvalue weighted by Crippen LogP contribution is 2.08. The van der Waals surface area contributed by atoms with Crippen molar-refractivity contribution in [1.29, 1.82) is 0 Å². The molecule has 0 radical (unpaired) electrons. The normalized spacial score (nSPS) is 10.2. The number of rotatable bonds is 8. The lowest BCUT2D eigenvalue weighted by atomic mass is 10.1. The molecule has 20 heavy (non-hydrogen) atoms. The van der Waals surface area contributed by atoms with Gasteiger partial charge in [-0.25, -0.2) is 0 Å². The number of nitrogens with one attached hydrogen (secondary N) is 2. The molecular formula is C15H26ClN3O. The van der Waals surface area contributed by atoms with Crippen molar-refractivity contribution in [1.82, 2.24) is 15.5 Å². The van der Waals surface area contributed by atoms with Crippen LogP contribution < -0.4 is 10.6 Å². The van der Waals surface area contributed by atoms with Gasteiger partial charge in [-0.05, 0) is 31.3 Å². The van der Waals surface area contributed by atoms with E-state index in [9.17, 15) is 4.79 Å². The molecule has 2 N–H and O–H groups in total. The number of halogens is 1. The first-order valence-corrected chi connectivity index (χ1v) is 6.91. The summed E-state index contributed by atoms with van der Waals surface area (Å²) in [4.78, 5) is 13.8. The SMILES string of the molecule is CCN(CC)Cc1cccc(CNC(=O)CNC)c1.Cl. The molecule has 0 fully saturated rings. The lowest BCUT2D eigenvalue weighted by Gasteiger charge is -2.18. The molecule has 0 heterocycles. The molecule has 0 spiro atoms. The molecule has 1 aromatic rings. The Morgan fingerprint density at radius 3 is 2.45 bits per heavy atom. The zero-order valence-corrected chi connectivity index (χ0v) is 13.4. The molecule has 0 aromatic heterocycles. The van der Waals surface area contributed by atoms with Crippen LogP contribution in [0.2, 0.25) is 0 Å². The summed E-state index contributed by atoms with van der Waals surface area (Å²) in [6.45, 7) is 8.37. The van der Waals surface area contributed by atoms with Crippen LogP contribution in [-0.4, -0.2) is 37.5 Å². The molecule has 114 valence electrons. The highest BCUT2D eigenvalue weighted by Gasteiger charge is 2.03. The quantitative estimate of drug-likeness (QED) is 0.769. The van der Waals surface area contributed by atoms with Crippen LogP contribution in [0, 0.1) is 0 Å². The van der Waals surface area contributed by atoms with E-state index in [4.69, 9.17) is 0 Å². The van der Waals surface area contributed by atoms with Gasteiger partial charge in [-0.1, -0.05) is 38.1 Å². The standard InChI is InChI=1S/C15H25N3O.ClH/c1-4-18(5-2)12-14-8-6-7-13(9-14)10-17-15(19)11-16-3;/h6-9,16H,4-5,10-12H2,1-3H3,(H,17,19);1H. The fraction of sp³-hybridized carbons (Fsp3) is 0.533. The van der Waals surface area contributed by atoms with Crippen molar-refractivity contribution in [2.45, 2.75) is 26.9 Å². The summed E-state index contributed by atoms with van der Waals surface area (Å²) in [5.41, 5.74) is 2.44. The van der Waals surface area contributed by atoms with Crippen LogP contribution in [0.3, 0.4) is 0 Å². The van der Waals surface area contributed by atoms with Gasteiger partial charge in [0.25, 0.3) is 0 Å². The van der Waals surface area contributed by atoms with Crippen LogP contribution >= 0.6 is 12.4 Å². The van der Waals surface area contributed by atoms with Gasteiger partial charge >= 0.3 is 0 Å². The van der Waals surface area contributed by atoms with Crippen molar-refractivity contribution >= 4 is 18.3 Å².